The lowest BCUT2D eigenvalue weighted by Crippen LogP contribution is -2.18. The number of alkyl halides is 3. The molecule has 0 aliphatic carbocycles. The van der Waals surface area contributed by atoms with Gasteiger partial charge in [-0.25, -0.2) is 0 Å². The predicted molar refractivity (Wildman–Crippen MR) is 103 cm³/mol. The Hall–Kier alpha value is -2.85. The van der Waals surface area contributed by atoms with Gasteiger partial charge in [0.1, 0.15) is 6.61 Å². The van der Waals surface area contributed by atoms with Crippen LogP contribution in [-0.2, 0) is 22.3 Å². The Bertz CT molecular complexity index is 977. The van der Waals surface area contributed by atoms with Crippen molar-refractivity contribution in [3.8, 4) is 5.69 Å². The summed E-state index contributed by atoms with van der Waals surface area (Å²) in [6.07, 6.45) is -4.56. The fourth-order valence-electron chi connectivity index (χ4n) is 2.61. The largest absolute Gasteiger partial charge is 0.418 e. The number of rotatable bonds is 7. The smallest absolute Gasteiger partial charge is 0.377 e. The summed E-state index contributed by atoms with van der Waals surface area (Å²) in [6.45, 7) is 0.216. The maximum Gasteiger partial charge on any atom is 0.418 e. The zero-order valence-corrected chi connectivity index (χ0v) is 16.1. The van der Waals surface area contributed by atoms with Crippen molar-refractivity contribution in [1.29, 1.82) is 0 Å². The average Bonchev–Trinajstić information content (AvgIpc) is 3.09. The number of hydrogen-bond acceptors (Lipinski definition) is 5. The maximum atomic E-state index is 13.1. The van der Waals surface area contributed by atoms with Crippen molar-refractivity contribution >= 4 is 23.4 Å². The number of carbonyl (C=O) groups is 1. The van der Waals surface area contributed by atoms with Crippen molar-refractivity contribution in [2.24, 2.45) is 0 Å². The minimum absolute atomic E-state index is 0.135. The van der Waals surface area contributed by atoms with E-state index in [1.807, 2.05) is 30.3 Å². The number of nitrogens with one attached hydrogen (secondary N) is 1. The third kappa shape index (κ3) is 5.15. The number of halogens is 3. The molecule has 152 valence electrons. The number of benzene rings is 2. The molecule has 0 spiro atoms. The molecular formula is C19H17F3N4O2S. The number of ether oxygens (including phenoxy) is 1. The molecule has 1 amide bonds. The highest BCUT2D eigenvalue weighted by molar-refractivity contribution is 7.99. The van der Waals surface area contributed by atoms with Gasteiger partial charge in [0.2, 0.25) is 5.91 Å². The average molecular weight is 422 g/mol. The Labute approximate surface area is 169 Å². The number of para-hydroxylation sites is 2. The van der Waals surface area contributed by atoms with Crippen LogP contribution in [0.25, 0.3) is 5.69 Å². The molecule has 0 radical (unpaired) electrons. The van der Waals surface area contributed by atoms with Crippen LogP contribution < -0.4 is 5.32 Å². The zero-order chi connectivity index (χ0) is 20.9. The highest BCUT2D eigenvalue weighted by atomic mass is 32.2. The van der Waals surface area contributed by atoms with Gasteiger partial charge >= 0.3 is 6.18 Å². The number of anilines is 1. The number of aromatic nitrogens is 3. The van der Waals surface area contributed by atoms with Crippen LogP contribution in [0.1, 0.15) is 11.4 Å². The summed E-state index contributed by atoms with van der Waals surface area (Å²) >= 11 is 1.07. The molecule has 3 rings (SSSR count). The van der Waals surface area contributed by atoms with E-state index in [2.05, 4.69) is 15.5 Å². The van der Waals surface area contributed by atoms with Crippen LogP contribution in [0, 0.1) is 0 Å². The van der Waals surface area contributed by atoms with Gasteiger partial charge in [0.15, 0.2) is 11.0 Å². The van der Waals surface area contributed by atoms with E-state index in [9.17, 15) is 18.0 Å². The molecule has 0 saturated heterocycles. The van der Waals surface area contributed by atoms with E-state index in [0.717, 1.165) is 23.5 Å². The highest BCUT2D eigenvalue weighted by Crippen LogP contribution is 2.34. The molecule has 0 saturated carbocycles. The van der Waals surface area contributed by atoms with Crippen LogP contribution in [-0.4, -0.2) is 33.5 Å². The summed E-state index contributed by atoms with van der Waals surface area (Å²) in [6, 6.07) is 14.1. The van der Waals surface area contributed by atoms with Gasteiger partial charge in [0.25, 0.3) is 0 Å². The van der Waals surface area contributed by atoms with Crippen molar-refractivity contribution in [2.45, 2.75) is 17.9 Å². The zero-order valence-electron chi connectivity index (χ0n) is 15.3. The summed E-state index contributed by atoms with van der Waals surface area (Å²) < 4.78 is 46.1. The Morgan fingerprint density at radius 3 is 2.48 bits per heavy atom. The molecule has 2 aromatic carbocycles. The van der Waals surface area contributed by atoms with Gasteiger partial charge in [-0.1, -0.05) is 42.1 Å². The fourth-order valence-corrected chi connectivity index (χ4v) is 3.38. The SMILES string of the molecule is COCc1nnc(SCC(=O)Nc2ccccc2C(F)(F)F)n1-c1ccccc1. The Kier molecular flexibility index (Phi) is 6.55. The lowest BCUT2D eigenvalue weighted by Gasteiger charge is -2.13. The molecule has 0 bridgehead atoms. The van der Waals surface area contributed by atoms with Crippen LogP contribution >= 0.6 is 11.8 Å². The van der Waals surface area contributed by atoms with Gasteiger partial charge < -0.3 is 10.1 Å². The third-order valence-corrected chi connectivity index (χ3v) is 4.76. The van der Waals surface area contributed by atoms with Gasteiger partial charge in [-0.3, -0.25) is 9.36 Å². The Morgan fingerprint density at radius 2 is 1.79 bits per heavy atom. The number of hydrogen-bond donors (Lipinski definition) is 1. The molecule has 0 atom stereocenters. The molecule has 10 heteroatoms. The molecule has 29 heavy (non-hydrogen) atoms. The van der Waals surface area contributed by atoms with Crippen LogP contribution in [0.3, 0.4) is 0 Å². The topological polar surface area (TPSA) is 69.0 Å². The summed E-state index contributed by atoms with van der Waals surface area (Å²) in [4.78, 5) is 12.3. The van der Waals surface area contributed by atoms with Crippen LogP contribution in [0.15, 0.2) is 59.8 Å². The number of amides is 1. The second-order valence-electron chi connectivity index (χ2n) is 5.88. The van der Waals surface area contributed by atoms with E-state index in [1.165, 1.54) is 25.3 Å². The first-order chi connectivity index (χ1) is 13.9. The second kappa shape index (κ2) is 9.10. The second-order valence-corrected chi connectivity index (χ2v) is 6.83. The normalized spacial score (nSPS) is 11.4. The molecule has 0 fully saturated rings. The number of nitrogens with zero attached hydrogens (tertiary/aromatic N) is 3. The first-order valence-corrected chi connectivity index (χ1v) is 9.46. The number of methoxy groups -OCH3 is 1. The minimum Gasteiger partial charge on any atom is -0.377 e. The van der Waals surface area contributed by atoms with E-state index in [4.69, 9.17) is 4.74 Å². The van der Waals surface area contributed by atoms with E-state index in [1.54, 1.807) is 4.57 Å². The van der Waals surface area contributed by atoms with Crippen molar-refractivity contribution in [1.82, 2.24) is 14.8 Å². The summed E-state index contributed by atoms with van der Waals surface area (Å²) in [5.41, 5.74) is -0.391. The molecule has 0 aliphatic rings. The van der Waals surface area contributed by atoms with Crippen molar-refractivity contribution in [3.63, 3.8) is 0 Å². The minimum atomic E-state index is -4.56. The van der Waals surface area contributed by atoms with Gasteiger partial charge in [0, 0.05) is 12.8 Å². The van der Waals surface area contributed by atoms with E-state index in [0.29, 0.717) is 11.0 Å². The molecule has 0 unspecified atom stereocenters. The predicted octanol–water partition coefficient (Wildman–Crippen LogP) is 4.16. The fraction of sp³-hybridized carbons (Fsp3) is 0.211. The number of thioether (sulfide) groups is 1. The molecule has 3 aromatic rings. The lowest BCUT2D eigenvalue weighted by molar-refractivity contribution is -0.137. The van der Waals surface area contributed by atoms with Gasteiger partial charge in [-0.2, -0.15) is 13.2 Å². The highest BCUT2D eigenvalue weighted by Gasteiger charge is 2.33. The summed E-state index contributed by atoms with van der Waals surface area (Å²) in [5.74, 6) is -0.170. The van der Waals surface area contributed by atoms with Crippen LogP contribution in [0.2, 0.25) is 0 Å². The van der Waals surface area contributed by atoms with Gasteiger partial charge in [0.05, 0.1) is 17.0 Å². The number of carbonyl (C=O) groups excluding carboxylic acids is 1. The standard InChI is InChI=1S/C19H17F3N4O2S/c1-28-11-16-24-25-18(26(16)13-7-3-2-4-8-13)29-12-17(27)23-15-10-6-5-9-14(15)19(20,21)22/h2-10H,11-12H2,1H3,(H,23,27). The first-order valence-electron chi connectivity index (χ1n) is 8.47. The van der Waals surface area contributed by atoms with Gasteiger partial charge in [-0.05, 0) is 24.3 Å². The van der Waals surface area contributed by atoms with E-state index < -0.39 is 17.6 Å². The van der Waals surface area contributed by atoms with Crippen LogP contribution in [0.4, 0.5) is 18.9 Å². The van der Waals surface area contributed by atoms with E-state index >= 15 is 0 Å². The quantitative estimate of drug-likeness (QED) is 0.579. The molecular weight excluding hydrogens is 405 g/mol. The third-order valence-electron chi connectivity index (χ3n) is 3.83. The Balaban J connectivity index is 1.75. The van der Waals surface area contributed by atoms with E-state index in [-0.39, 0.29) is 18.0 Å². The van der Waals surface area contributed by atoms with Crippen molar-refractivity contribution in [3.05, 3.63) is 66.0 Å². The first kappa shape index (κ1) is 20.9. The lowest BCUT2D eigenvalue weighted by atomic mass is 10.1. The molecule has 6 nitrogen and oxygen atoms in total. The maximum absolute atomic E-state index is 13.1. The molecule has 1 heterocycles. The van der Waals surface area contributed by atoms with Crippen molar-refractivity contribution < 1.29 is 22.7 Å². The molecule has 1 N–H and O–H groups in total. The van der Waals surface area contributed by atoms with Crippen LogP contribution in [0.5, 0.6) is 0 Å². The molecule has 1 aromatic heterocycles. The van der Waals surface area contributed by atoms with Gasteiger partial charge in [-0.15, -0.1) is 10.2 Å². The molecule has 0 aliphatic heterocycles. The van der Waals surface area contributed by atoms with Crippen molar-refractivity contribution in [2.75, 3.05) is 18.2 Å². The summed E-state index contributed by atoms with van der Waals surface area (Å²) in [7, 11) is 1.53. The summed E-state index contributed by atoms with van der Waals surface area (Å²) in [5, 5.41) is 10.9. The Morgan fingerprint density at radius 1 is 1.10 bits per heavy atom. The monoisotopic (exact) mass is 422 g/mol.